The van der Waals surface area contributed by atoms with Crippen LogP contribution < -0.4 is 0 Å². The number of allylic oxidation sites excluding steroid dienone is 1. The van der Waals surface area contributed by atoms with Crippen LogP contribution in [0.2, 0.25) is 0 Å². The molecule has 0 aliphatic heterocycles. The van der Waals surface area contributed by atoms with Crippen molar-refractivity contribution in [3.63, 3.8) is 0 Å². The van der Waals surface area contributed by atoms with Gasteiger partial charge in [-0.25, -0.2) is 0 Å². The lowest BCUT2D eigenvalue weighted by atomic mass is 10.6. The van der Waals surface area contributed by atoms with Crippen LogP contribution in [-0.2, 0) is 6.54 Å². The van der Waals surface area contributed by atoms with E-state index in [0.29, 0.717) is 10.8 Å². The third-order valence-electron chi connectivity index (χ3n) is 1.57. The maximum absolute atomic E-state index is 5.67. The van der Waals surface area contributed by atoms with Gasteiger partial charge < -0.3 is 4.57 Å². The second kappa shape index (κ2) is 5.22. The molecule has 5 heteroatoms. The summed E-state index contributed by atoms with van der Waals surface area (Å²) in [6.45, 7) is 9.93. The lowest BCUT2D eigenvalue weighted by Crippen LogP contribution is -2.00. The average Bonchev–Trinajstić information content (AvgIpc) is 2.46. The molecule has 0 aliphatic carbocycles. The molecule has 1 aromatic rings. The SMILES string of the molecule is C=CCn1c(C)nnc1SCC(=C)Cl. The predicted octanol–water partition coefficient (Wildman–Crippen LogP) is 2.62. The fourth-order valence-electron chi connectivity index (χ4n) is 0.950. The molecule has 76 valence electrons. The molecule has 0 spiro atoms. The third-order valence-corrected chi connectivity index (χ3v) is 2.92. The molecule has 0 N–H and O–H groups in total. The fraction of sp³-hybridized carbons (Fsp3) is 0.333. The van der Waals surface area contributed by atoms with E-state index in [1.807, 2.05) is 17.6 Å². The van der Waals surface area contributed by atoms with Crippen LogP contribution >= 0.6 is 23.4 Å². The first kappa shape index (κ1) is 11.3. The van der Waals surface area contributed by atoms with Gasteiger partial charge in [0, 0.05) is 17.3 Å². The van der Waals surface area contributed by atoms with Crippen LogP contribution in [0.15, 0.2) is 29.4 Å². The highest BCUT2D eigenvalue weighted by atomic mass is 35.5. The monoisotopic (exact) mass is 229 g/mol. The lowest BCUT2D eigenvalue weighted by Gasteiger charge is -2.03. The summed E-state index contributed by atoms with van der Waals surface area (Å²) in [5.41, 5.74) is 0. The van der Waals surface area contributed by atoms with Crippen LogP contribution in [0.1, 0.15) is 5.82 Å². The van der Waals surface area contributed by atoms with Gasteiger partial charge in [-0.2, -0.15) is 0 Å². The largest absolute Gasteiger partial charge is 0.302 e. The number of hydrogen-bond acceptors (Lipinski definition) is 3. The minimum atomic E-state index is 0.612. The number of aromatic nitrogens is 3. The van der Waals surface area contributed by atoms with Crippen molar-refractivity contribution in [3.05, 3.63) is 30.1 Å². The quantitative estimate of drug-likeness (QED) is 0.575. The Morgan fingerprint density at radius 3 is 2.93 bits per heavy atom. The number of hydrogen-bond donors (Lipinski definition) is 0. The Morgan fingerprint density at radius 1 is 1.64 bits per heavy atom. The topological polar surface area (TPSA) is 30.7 Å². The van der Waals surface area contributed by atoms with Crippen molar-refractivity contribution >= 4 is 23.4 Å². The van der Waals surface area contributed by atoms with Gasteiger partial charge in [0.15, 0.2) is 5.16 Å². The molecule has 1 aromatic heterocycles. The van der Waals surface area contributed by atoms with Crippen molar-refractivity contribution in [2.75, 3.05) is 5.75 Å². The Balaban J connectivity index is 2.75. The first-order valence-electron chi connectivity index (χ1n) is 4.12. The highest BCUT2D eigenvalue weighted by molar-refractivity contribution is 7.99. The predicted molar refractivity (Wildman–Crippen MR) is 60.7 cm³/mol. The number of rotatable bonds is 5. The van der Waals surface area contributed by atoms with Crippen molar-refractivity contribution in [1.29, 1.82) is 0 Å². The second-order valence-corrected chi connectivity index (χ2v) is 4.21. The Kier molecular flexibility index (Phi) is 4.22. The molecule has 14 heavy (non-hydrogen) atoms. The van der Waals surface area contributed by atoms with Gasteiger partial charge in [0.25, 0.3) is 0 Å². The van der Waals surface area contributed by atoms with Crippen LogP contribution in [-0.4, -0.2) is 20.5 Å². The minimum absolute atomic E-state index is 0.612. The van der Waals surface area contributed by atoms with Crippen LogP contribution in [0.4, 0.5) is 0 Å². The summed E-state index contributed by atoms with van der Waals surface area (Å²) in [5, 5.41) is 9.48. The molecule has 1 heterocycles. The van der Waals surface area contributed by atoms with E-state index in [0.717, 1.165) is 17.5 Å². The van der Waals surface area contributed by atoms with Crippen LogP contribution in [0, 0.1) is 6.92 Å². The Hall–Kier alpha value is -0.740. The normalized spacial score (nSPS) is 10.1. The first-order chi connectivity index (χ1) is 6.65. The number of aryl methyl sites for hydroxylation is 1. The van der Waals surface area contributed by atoms with Crippen molar-refractivity contribution < 1.29 is 0 Å². The van der Waals surface area contributed by atoms with E-state index >= 15 is 0 Å². The number of thioether (sulfide) groups is 1. The average molecular weight is 230 g/mol. The minimum Gasteiger partial charge on any atom is -0.302 e. The van der Waals surface area contributed by atoms with E-state index in [1.54, 1.807) is 0 Å². The molecular formula is C9H12ClN3S. The van der Waals surface area contributed by atoms with Gasteiger partial charge in [-0.05, 0) is 6.92 Å². The van der Waals surface area contributed by atoms with Crippen LogP contribution in [0.25, 0.3) is 0 Å². The van der Waals surface area contributed by atoms with E-state index in [-0.39, 0.29) is 0 Å². The molecule has 0 aromatic carbocycles. The van der Waals surface area contributed by atoms with Crippen LogP contribution in [0.3, 0.4) is 0 Å². The third kappa shape index (κ3) is 2.89. The van der Waals surface area contributed by atoms with Crippen molar-refractivity contribution in [2.45, 2.75) is 18.6 Å². The molecule has 0 fully saturated rings. The molecule has 3 nitrogen and oxygen atoms in total. The van der Waals surface area contributed by atoms with Gasteiger partial charge in [-0.15, -0.1) is 16.8 Å². The van der Waals surface area contributed by atoms with Gasteiger partial charge >= 0.3 is 0 Å². The van der Waals surface area contributed by atoms with Gasteiger partial charge in [0.2, 0.25) is 0 Å². The van der Waals surface area contributed by atoms with E-state index in [1.165, 1.54) is 11.8 Å². The highest BCUT2D eigenvalue weighted by Gasteiger charge is 2.07. The molecule has 0 saturated heterocycles. The summed E-state index contributed by atoms with van der Waals surface area (Å²) < 4.78 is 1.98. The first-order valence-corrected chi connectivity index (χ1v) is 5.48. The van der Waals surface area contributed by atoms with Gasteiger partial charge in [-0.1, -0.05) is 36.0 Å². The smallest absolute Gasteiger partial charge is 0.191 e. The van der Waals surface area contributed by atoms with Crippen molar-refractivity contribution in [3.8, 4) is 0 Å². The summed E-state index contributed by atoms with van der Waals surface area (Å²) in [5.74, 6) is 1.53. The zero-order valence-corrected chi connectivity index (χ0v) is 9.61. The molecule has 0 unspecified atom stereocenters. The summed E-state index contributed by atoms with van der Waals surface area (Å²) in [6.07, 6.45) is 1.82. The Bertz CT molecular complexity index is 346. The second-order valence-electron chi connectivity index (χ2n) is 2.74. The zero-order chi connectivity index (χ0) is 10.6. The van der Waals surface area contributed by atoms with Gasteiger partial charge in [0.05, 0.1) is 0 Å². The molecule has 0 radical (unpaired) electrons. The summed E-state index contributed by atoms with van der Waals surface area (Å²) in [4.78, 5) is 0. The van der Waals surface area contributed by atoms with E-state index in [9.17, 15) is 0 Å². The maximum atomic E-state index is 5.67. The molecular weight excluding hydrogens is 218 g/mol. The highest BCUT2D eigenvalue weighted by Crippen LogP contribution is 2.20. The Morgan fingerprint density at radius 2 is 2.36 bits per heavy atom. The van der Waals surface area contributed by atoms with E-state index in [4.69, 9.17) is 11.6 Å². The summed E-state index contributed by atoms with van der Waals surface area (Å²) in [6, 6.07) is 0. The number of halogens is 1. The standard InChI is InChI=1S/C9H12ClN3S/c1-4-5-13-8(3)11-12-9(13)14-6-7(2)10/h4H,1-2,5-6H2,3H3. The molecule has 1 rings (SSSR count). The fourth-order valence-corrected chi connectivity index (χ4v) is 1.86. The Labute approximate surface area is 92.9 Å². The molecule has 0 atom stereocenters. The van der Waals surface area contributed by atoms with Crippen LogP contribution in [0.5, 0.6) is 0 Å². The van der Waals surface area contributed by atoms with Crippen molar-refractivity contribution in [2.24, 2.45) is 0 Å². The molecule has 0 bridgehead atoms. The summed E-state index contributed by atoms with van der Waals surface area (Å²) >= 11 is 7.20. The van der Waals surface area contributed by atoms with Gasteiger partial charge in [0.1, 0.15) is 5.82 Å². The molecule has 0 amide bonds. The van der Waals surface area contributed by atoms with Gasteiger partial charge in [-0.3, -0.25) is 0 Å². The lowest BCUT2D eigenvalue weighted by molar-refractivity contribution is 0.704. The number of nitrogens with zero attached hydrogens (tertiary/aromatic N) is 3. The molecule has 0 saturated carbocycles. The maximum Gasteiger partial charge on any atom is 0.191 e. The van der Waals surface area contributed by atoms with Crippen molar-refractivity contribution in [1.82, 2.24) is 14.8 Å². The van der Waals surface area contributed by atoms with E-state index in [2.05, 4.69) is 23.4 Å². The van der Waals surface area contributed by atoms with E-state index < -0.39 is 0 Å². The zero-order valence-electron chi connectivity index (χ0n) is 8.03. The summed E-state index contributed by atoms with van der Waals surface area (Å²) in [7, 11) is 0. The molecule has 0 aliphatic rings.